The van der Waals surface area contributed by atoms with Gasteiger partial charge in [0.1, 0.15) is 23.6 Å². The molecule has 0 bridgehead atoms. The number of nitriles is 1. The van der Waals surface area contributed by atoms with E-state index in [0.29, 0.717) is 18.2 Å². The van der Waals surface area contributed by atoms with Crippen molar-refractivity contribution in [2.75, 3.05) is 18.9 Å². The first-order valence-corrected chi connectivity index (χ1v) is 12.7. The van der Waals surface area contributed by atoms with E-state index in [1.165, 1.54) is 18.1 Å². The number of likely N-dealkylation sites (N-methyl/N-ethyl adjacent to an activating group) is 1. The molecule has 1 saturated carbocycles. The SMILES string of the molecule is CN(C(=O)c1cc2c(F)cc(F)c(F)c2[nH]1)[C@@H](CC1CC1)C(=O)N1C[C@@]2(C[C@H]1C#N)Oc1cccnc1NC2=O. The molecule has 0 radical (unpaired) electrons. The van der Waals surface area contributed by atoms with Crippen molar-refractivity contribution in [3.05, 3.63) is 53.6 Å². The molecule has 1 aliphatic carbocycles. The molecule has 10 nitrogen and oxygen atoms in total. The number of ether oxygens (including phenoxy) is 1. The molecule has 2 fully saturated rings. The Bertz CT molecular complexity index is 1620. The number of hydrogen-bond acceptors (Lipinski definition) is 6. The molecule has 3 atom stereocenters. The highest BCUT2D eigenvalue weighted by Gasteiger charge is 2.56. The zero-order chi connectivity index (χ0) is 28.3. The molecular weight excluding hydrogens is 529 g/mol. The molecule has 0 unspecified atom stereocenters. The number of pyridine rings is 1. The highest BCUT2D eigenvalue weighted by Crippen LogP contribution is 2.41. The van der Waals surface area contributed by atoms with E-state index < -0.39 is 58.4 Å². The number of aromatic nitrogens is 2. The molecule has 1 aromatic carbocycles. The first kappa shape index (κ1) is 25.7. The second kappa shape index (κ2) is 9.25. The van der Waals surface area contributed by atoms with Crippen LogP contribution in [0.15, 0.2) is 30.5 Å². The Hall–Kier alpha value is -4.60. The summed E-state index contributed by atoms with van der Waals surface area (Å²) >= 11 is 0. The van der Waals surface area contributed by atoms with E-state index in [1.54, 1.807) is 12.1 Å². The number of carbonyl (C=O) groups excluding carboxylic acids is 3. The molecule has 2 aliphatic heterocycles. The van der Waals surface area contributed by atoms with E-state index in [2.05, 4.69) is 21.4 Å². The fourth-order valence-corrected chi connectivity index (χ4v) is 5.42. The third kappa shape index (κ3) is 4.11. The molecule has 6 rings (SSSR count). The predicted octanol–water partition coefficient (Wildman–Crippen LogP) is 3.12. The number of benzene rings is 1. The topological polar surface area (TPSA) is 131 Å². The van der Waals surface area contributed by atoms with Gasteiger partial charge in [0.15, 0.2) is 23.2 Å². The van der Waals surface area contributed by atoms with Crippen LogP contribution in [0.1, 0.15) is 36.2 Å². The average Bonchev–Trinajstić information content (AvgIpc) is 3.52. The van der Waals surface area contributed by atoms with Crippen molar-refractivity contribution in [2.45, 2.75) is 43.4 Å². The molecule has 3 aliphatic rings. The minimum absolute atomic E-state index is 0.0879. The van der Waals surface area contributed by atoms with Gasteiger partial charge in [-0.2, -0.15) is 5.26 Å². The van der Waals surface area contributed by atoms with Crippen molar-refractivity contribution in [3.63, 3.8) is 0 Å². The fraction of sp³-hybridized carbons (Fsp3) is 0.370. The number of likely N-dealkylation sites (tertiary alicyclic amines) is 1. The van der Waals surface area contributed by atoms with Crippen LogP contribution in [0.2, 0.25) is 0 Å². The molecule has 1 spiro atoms. The zero-order valence-corrected chi connectivity index (χ0v) is 21.2. The molecular formula is C27H23F3N6O4. The van der Waals surface area contributed by atoms with E-state index in [9.17, 15) is 32.8 Å². The maximum Gasteiger partial charge on any atom is 0.271 e. The van der Waals surface area contributed by atoms with E-state index in [0.717, 1.165) is 23.8 Å². The van der Waals surface area contributed by atoms with Gasteiger partial charge in [-0.05, 0) is 30.5 Å². The van der Waals surface area contributed by atoms with Gasteiger partial charge in [-0.3, -0.25) is 14.4 Å². The molecule has 3 amide bonds. The first-order chi connectivity index (χ1) is 19.1. The number of nitrogens with zero attached hydrogens (tertiary/aromatic N) is 4. The molecule has 2 aromatic heterocycles. The Kier molecular flexibility index (Phi) is 5.94. The molecule has 4 heterocycles. The van der Waals surface area contributed by atoms with Gasteiger partial charge in [0.2, 0.25) is 11.5 Å². The van der Waals surface area contributed by atoms with Gasteiger partial charge in [0.25, 0.3) is 11.8 Å². The third-order valence-corrected chi connectivity index (χ3v) is 7.79. The first-order valence-electron chi connectivity index (χ1n) is 12.7. The third-order valence-electron chi connectivity index (χ3n) is 7.79. The highest BCUT2D eigenvalue weighted by atomic mass is 19.2. The maximum atomic E-state index is 14.3. The van der Waals surface area contributed by atoms with Crippen LogP contribution in [0.25, 0.3) is 10.9 Å². The Morgan fingerprint density at radius 1 is 1.30 bits per heavy atom. The summed E-state index contributed by atoms with van der Waals surface area (Å²) in [5.41, 5.74) is -2.25. The van der Waals surface area contributed by atoms with Gasteiger partial charge in [-0.1, -0.05) is 12.8 Å². The molecule has 2 N–H and O–H groups in total. The summed E-state index contributed by atoms with van der Waals surface area (Å²) in [5.74, 6) is -4.90. The van der Waals surface area contributed by atoms with Gasteiger partial charge < -0.3 is 24.8 Å². The lowest BCUT2D eigenvalue weighted by Gasteiger charge is -2.34. The number of rotatable bonds is 5. The van der Waals surface area contributed by atoms with Gasteiger partial charge in [0.05, 0.1) is 18.1 Å². The average molecular weight is 553 g/mol. The maximum absolute atomic E-state index is 14.3. The largest absolute Gasteiger partial charge is 0.472 e. The van der Waals surface area contributed by atoms with Crippen LogP contribution in [0.3, 0.4) is 0 Å². The van der Waals surface area contributed by atoms with Crippen LogP contribution in [0, 0.1) is 34.7 Å². The smallest absolute Gasteiger partial charge is 0.271 e. The van der Waals surface area contributed by atoms with Crippen molar-refractivity contribution >= 4 is 34.4 Å². The van der Waals surface area contributed by atoms with Crippen molar-refractivity contribution in [1.82, 2.24) is 19.8 Å². The molecule has 13 heteroatoms. The highest BCUT2D eigenvalue weighted by molar-refractivity contribution is 6.02. The van der Waals surface area contributed by atoms with Crippen molar-refractivity contribution in [3.8, 4) is 11.8 Å². The molecule has 40 heavy (non-hydrogen) atoms. The predicted molar refractivity (Wildman–Crippen MR) is 133 cm³/mol. The summed E-state index contributed by atoms with van der Waals surface area (Å²) in [4.78, 5) is 49.4. The Balaban J connectivity index is 1.29. The zero-order valence-electron chi connectivity index (χ0n) is 21.2. The summed E-state index contributed by atoms with van der Waals surface area (Å²) in [6.45, 7) is -0.227. The van der Waals surface area contributed by atoms with Gasteiger partial charge >= 0.3 is 0 Å². The second-order valence-electron chi connectivity index (χ2n) is 10.5. The fourth-order valence-electron chi connectivity index (χ4n) is 5.42. The second-order valence-corrected chi connectivity index (χ2v) is 10.5. The number of halogens is 3. The van der Waals surface area contributed by atoms with E-state index in [-0.39, 0.29) is 35.8 Å². The summed E-state index contributed by atoms with van der Waals surface area (Å²) in [5, 5.41) is 12.3. The summed E-state index contributed by atoms with van der Waals surface area (Å²) in [6.07, 6.45) is 3.41. The lowest BCUT2D eigenvalue weighted by molar-refractivity contribution is -0.138. The lowest BCUT2D eigenvalue weighted by atomic mass is 9.97. The van der Waals surface area contributed by atoms with Crippen LogP contribution in [0.4, 0.5) is 19.0 Å². The molecule has 206 valence electrons. The number of carbonyl (C=O) groups is 3. The Morgan fingerprint density at radius 3 is 2.80 bits per heavy atom. The van der Waals surface area contributed by atoms with Crippen LogP contribution < -0.4 is 10.1 Å². The summed E-state index contributed by atoms with van der Waals surface area (Å²) in [7, 11) is 1.38. The monoisotopic (exact) mass is 552 g/mol. The quantitative estimate of drug-likeness (QED) is 0.468. The van der Waals surface area contributed by atoms with Crippen molar-refractivity contribution in [1.29, 1.82) is 5.26 Å². The normalized spacial score (nSPS) is 22.4. The number of hydrogen-bond donors (Lipinski definition) is 2. The van der Waals surface area contributed by atoms with E-state index in [4.69, 9.17) is 4.74 Å². The number of amides is 3. The minimum atomic E-state index is -1.52. The summed E-state index contributed by atoms with van der Waals surface area (Å²) in [6, 6.07) is 4.74. The van der Waals surface area contributed by atoms with Gasteiger partial charge in [-0.15, -0.1) is 0 Å². The standard InChI is InChI=1S/C27H23F3N6O4/c1-35(24(37)18-8-15-16(28)9-17(29)21(30)22(15)33-18)19(7-13-4-5-13)25(38)36-12-27(10-14(36)11-31)26(39)34-23-20(40-27)3-2-6-32-23/h2-3,6,8-9,13-14,19,33H,4-5,7,10,12H2,1H3,(H,32,34,39)/t14-,19-,27+/m0/s1. The molecule has 3 aromatic rings. The van der Waals surface area contributed by atoms with Crippen LogP contribution in [0.5, 0.6) is 5.75 Å². The summed E-state index contributed by atoms with van der Waals surface area (Å²) < 4.78 is 48.3. The minimum Gasteiger partial charge on any atom is -0.472 e. The molecule has 1 saturated heterocycles. The van der Waals surface area contributed by atoms with E-state index >= 15 is 0 Å². The van der Waals surface area contributed by atoms with E-state index in [1.807, 2.05) is 0 Å². The van der Waals surface area contributed by atoms with Crippen LogP contribution in [-0.2, 0) is 9.59 Å². The van der Waals surface area contributed by atoms with Crippen LogP contribution in [-0.4, -0.2) is 68.8 Å². The van der Waals surface area contributed by atoms with Crippen LogP contribution >= 0.6 is 0 Å². The van der Waals surface area contributed by atoms with Gasteiger partial charge in [0, 0.05) is 31.1 Å². The van der Waals surface area contributed by atoms with Crippen molar-refractivity contribution in [2.24, 2.45) is 5.92 Å². The lowest BCUT2D eigenvalue weighted by Crippen LogP contribution is -2.55. The van der Waals surface area contributed by atoms with Gasteiger partial charge in [-0.25, -0.2) is 18.2 Å². The number of nitrogens with one attached hydrogen (secondary N) is 2. The number of H-pyrrole nitrogens is 1. The number of anilines is 1. The Morgan fingerprint density at radius 2 is 2.08 bits per heavy atom. The number of aromatic amines is 1. The Labute approximate surface area is 225 Å². The van der Waals surface area contributed by atoms with Crippen molar-refractivity contribution < 1.29 is 32.3 Å². The number of fused-ring (bicyclic) bond motifs is 2.